The first-order valence-corrected chi connectivity index (χ1v) is 7.23. The Morgan fingerprint density at radius 3 is 2.80 bits per heavy atom. The summed E-state index contributed by atoms with van der Waals surface area (Å²) >= 11 is 2.16. The Kier molecular flexibility index (Phi) is 3.72. The molecule has 2 heterocycles. The average molecular weight is 380 g/mol. The highest BCUT2D eigenvalue weighted by molar-refractivity contribution is 14.1. The molecule has 5 nitrogen and oxygen atoms in total. The zero-order valence-electron chi connectivity index (χ0n) is 10.9. The molecule has 1 aromatic carbocycles. The molecule has 102 valence electrons. The van der Waals surface area contributed by atoms with Crippen molar-refractivity contribution in [2.75, 3.05) is 5.32 Å². The van der Waals surface area contributed by atoms with E-state index in [-0.39, 0.29) is 0 Å². The van der Waals surface area contributed by atoms with Gasteiger partial charge in [0.1, 0.15) is 12.1 Å². The Hall–Kier alpha value is -1.83. The highest BCUT2D eigenvalue weighted by atomic mass is 127. The van der Waals surface area contributed by atoms with Crippen LogP contribution in [0, 0.1) is 3.77 Å². The van der Waals surface area contributed by atoms with Crippen molar-refractivity contribution in [3.05, 3.63) is 52.3 Å². The molecule has 0 aliphatic heterocycles. The van der Waals surface area contributed by atoms with Crippen LogP contribution in [0.5, 0.6) is 0 Å². The third-order valence-corrected chi connectivity index (χ3v) is 3.54. The van der Waals surface area contributed by atoms with E-state index in [9.17, 15) is 0 Å². The van der Waals surface area contributed by atoms with Gasteiger partial charge in [0.05, 0.1) is 6.54 Å². The maximum atomic E-state index is 5.55. The molecule has 0 spiro atoms. The summed E-state index contributed by atoms with van der Waals surface area (Å²) in [7, 11) is 1.93. The quantitative estimate of drug-likeness (QED) is 0.706. The van der Waals surface area contributed by atoms with Crippen molar-refractivity contribution in [2.45, 2.75) is 6.54 Å². The molecule has 3 aromatic rings. The molecule has 0 amide bonds. The van der Waals surface area contributed by atoms with Crippen LogP contribution >= 0.6 is 22.6 Å². The van der Waals surface area contributed by atoms with Gasteiger partial charge in [-0.2, -0.15) is 0 Å². The van der Waals surface area contributed by atoms with Crippen molar-refractivity contribution in [3.63, 3.8) is 0 Å². The van der Waals surface area contributed by atoms with Crippen LogP contribution in [0.4, 0.5) is 5.69 Å². The summed E-state index contributed by atoms with van der Waals surface area (Å²) in [6, 6.07) is 12.0. The Bertz CT molecular complexity index is 719. The van der Waals surface area contributed by atoms with E-state index in [4.69, 9.17) is 4.42 Å². The molecule has 2 aromatic heterocycles. The fraction of sp³-hybridized carbons (Fsp3) is 0.143. The van der Waals surface area contributed by atoms with Gasteiger partial charge in [0, 0.05) is 18.3 Å². The third kappa shape index (κ3) is 2.69. The number of anilines is 1. The van der Waals surface area contributed by atoms with E-state index in [2.05, 4.69) is 38.1 Å². The van der Waals surface area contributed by atoms with Crippen LogP contribution in [0.2, 0.25) is 0 Å². The van der Waals surface area contributed by atoms with Gasteiger partial charge in [-0.15, -0.1) is 10.2 Å². The van der Waals surface area contributed by atoms with Crippen LogP contribution in [-0.4, -0.2) is 14.8 Å². The van der Waals surface area contributed by atoms with Gasteiger partial charge < -0.3 is 14.3 Å². The van der Waals surface area contributed by atoms with E-state index >= 15 is 0 Å². The maximum Gasteiger partial charge on any atom is 0.165 e. The van der Waals surface area contributed by atoms with Gasteiger partial charge in [0.25, 0.3) is 0 Å². The summed E-state index contributed by atoms with van der Waals surface area (Å²) in [4.78, 5) is 0. The van der Waals surface area contributed by atoms with E-state index in [0.29, 0.717) is 6.54 Å². The first-order valence-electron chi connectivity index (χ1n) is 6.15. The SMILES string of the molecule is Cn1cnnc1-c1ccccc1NCc1ccc(I)o1. The number of hydrogen-bond acceptors (Lipinski definition) is 4. The van der Waals surface area contributed by atoms with Gasteiger partial charge in [-0.3, -0.25) is 0 Å². The van der Waals surface area contributed by atoms with Crippen molar-refractivity contribution >= 4 is 28.3 Å². The van der Waals surface area contributed by atoms with Crippen LogP contribution in [-0.2, 0) is 13.6 Å². The summed E-state index contributed by atoms with van der Waals surface area (Å²) in [5.74, 6) is 1.74. The second kappa shape index (κ2) is 5.66. The van der Waals surface area contributed by atoms with Crippen molar-refractivity contribution in [1.82, 2.24) is 14.8 Å². The Balaban J connectivity index is 1.85. The number of hydrogen-bond donors (Lipinski definition) is 1. The largest absolute Gasteiger partial charge is 0.454 e. The summed E-state index contributed by atoms with van der Waals surface area (Å²) in [5, 5.41) is 11.5. The van der Waals surface area contributed by atoms with E-state index in [1.165, 1.54) is 0 Å². The lowest BCUT2D eigenvalue weighted by Crippen LogP contribution is -2.01. The fourth-order valence-corrected chi connectivity index (χ4v) is 2.45. The Morgan fingerprint density at radius 1 is 1.25 bits per heavy atom. The summed E-state index contributed by atoms with van der Waals surface area (Å²) in [5.41, 5.74) is 2.03. The number of halogens is 1. The molecule has 0 atom stereocenters. The van der Waals surface area contributed by atoms with Crippen molar-refractivity contribution in [3.8, 4) is 11.4 Å². The molecule has 0 aliphatic rings. The minimum atomic E-state index is 0.637. The van der Waals surface area contributed by atoms with Gasteiger partial charge in [-0.1, -0.05) is 12.1 Å². The molecule has 0 unspecified atom stereocenters. The summed E-state index contributed by atoms with van der Waals surface area (Å²) in [6.45, 7) is 0.637. The second-order valence-corrected chi connectivity index (χ2v) is 5.43. The monoisotopic (exact) mass is 380 g/mol. The van der Waals surface area contributed by atoms with Gasteiger partial charge in [-0.25, -0.2) is 0 Å². The van der Waals surface area contributed by atoms with Crippen LogP contribution < -0.4 is 5.32 Å². The lowest BCUT2D eigenvalue weighted by molar-refractivity contribution is 0.493. The molecule has 0 fully saturated rings. The van der Waals surface area contributed by atoms with E-state index in [1.54, 1.807) is 6.33 Å². The molecule has 3 rings (SSSR count). The highest BCUT2D eigenvalue weighted by Crippen LogP contribution is 2.26. The second-order valence-electron chi connectivity index (χ2n) is 4.37. The standard InChI is InChI=1S/C14H13IN4O/c1-19-9-17-18-14(19)11-4-2-3-5-12(11)16-8-10-6-7-13(15)20-10/h2-7,9,16H,8H2,1H3. The maximum absolute atomic E-state index is 5.55. The first kappa shape index (κ1) is 13.2. The number of nitrogens with zero attached hydrogens (tertiary/aromatic N) is 3. The predicted molar refractivity (Wildman–Crippen MR) is 85.2 cm³/mol. The zero-order chi connectivity index (χ0) is 13.9. The molecule has 0 saturated carbocycles. The summed E-state index contributed by atoms with van der Waals surface area (Å²) in [6.07, 6.45) is 1.70. The van der Waals surface area contributed by atoms with Crippen molar-refractivity contribution in [1.29, 1.82) is 0 Å². The molecule has 0 radical (unpaired) electrons. The minimum Gasteiger partial charge on any atom is -0.454 e. The molecule has 6 heteroatoms. The Morgan fingerprint density at radius 2 is 2.10 bits per heavy atom. The van der Waals surface area contributed by atoms with E-state index < -0.39 is 0 Å². The Labute approximate surface area is 130 Å². The molecule has 0 saturated heterocycles. The molecular weight excluding hydrogens is 367 g/mol. The topological polar surface area (TPSA) is 55.9 Å². The van der Waals surface area contributed by atoms with Gasteiger partial charge in [0.2, 0.25) is 0 Å². The van der Waals surface area contributed by atoms with Crippen LogP contribution in [0.3, 0.4) is 0 Å². The van der Waals surface area contributed by atoms with Crippen LogP contribution in [0.25, 0.3) is 11.4 Å². The average Bonchev–Trinajstić information content (AvgIpc) is 3.05. The highest BCUT2D eigenvalue weighted by Gasteiger charge is 2.10. The lowest BCUT2D eigenvalue weighted by Gasteiger charge is -2.10. The van der Waals surface area contributed by atoms with Crippen LogP contribution in [0.15, 0.2) is 47.1 Å². The van der Waals surface area contributed by atoms with Gasteiger partial charge >= 0.3 is 0 Å². The van der Waals surface area contributed by atoms with Gasteiger partial charge in [-0.05, 0) is 46.9 Å². The smallest absolute Gasteiger partial charge is 0.165 e. The minimum absolute atomic E-state index is 0.637. The van der Waals surface area contributed by atoms with E-state index in [0.717, 1.165) is 26.6 Å². The molecule has 0 bridgehead atoms. The molecule has 20 heavy (non-hydrogen) atoms. The fourth-order valence-electron chi connectivity index (χ4n) is 1.99. The number of nitrogens with one attached hydrogen (secondary N) is 1. The third-order valence-electron chi connectivity index (χ3n) is 2.96. The number of aryl methyl sites for hydroxylation is 1. The molecular formula is C14H13IN4O. The summed E-state index contributed by atoms with van der Waals surface area (Å²) < 4.78 is 8.34. The first-order chi connectivity index (χ1) is 9.74. The normalized spacial score (nSPS) is 10.7. The number of benzene rings is 1. The van der Waals surface area contributed by atoms with Crippen molar-refractivity contribution < 1.29 is 4.42 Å². The molecule has 0 aliphatic carbocycles. The molecule has 1 N–H and O–H groups in total. The number of para-hydroxylation sites is 1. The number of furan rings is 1. The van der Waals surface area contributed by atoms with Crippen LogP contribution in [0.1, 0.15) is 5.76 Å². The van der Waals surface area contributed by atoms with Crippen molar-refractivity contribution in [2.24, 2.45) is 7.05 Å². The van der Waals surface area contributed by atoms with Gasteiger partial charge in [0.15, 0.2) is 9.59 Å². The number of rotatable bonds is 4. The lowest BCUT2D eigenvalue weighted by atomic mass is 10.1. The number of aromatic nitrogens is 3. The zero-order valence-corrected chi connectivity index (χ0v) is 13.0. The predicted octanol–water partition coefficient (Wildman–Crippen LogP) is 3.29. The van der Waals surface area contributed by atoms with E-state index in [1.807, 2.05) is 48.0 Å².